The molecule has 134 valence electrons. The number of amides is 1. The smallest absolute Gasteiger partial charge is 0.255 e. The van der Waals surface area contributed by atoms with Crippen molar-refractivity contribution in [3.63, 3.8) is 0 Å². The summed E-state index contributed by atoms with van der Waals surface area (Å²) < 4.78 is 5.19. The summed E-state index contributed by atoms with van der Waals surface area (Å²) in [6, 6.07) is 10.8. The summed E-state index contributed by atoms with van der Waals surface area (Å²) in [4.78, 5) is 33.8. The molecule has 2 aromatic heterocycles. The van der Waals surface area contributed by atoms with E-state index < -0.39 is 0 Å². The molecule has 3 rings (SSSR count). The minimum atomic E-state index is -0.203. The monoisotopic (exact) mass is 351 g/mol. The van der Waals surface area contributed by atoms with Crippen LogP contribution < -0.4 is 10.3 Å². The summed E-state index contributed by atoms with van der Waals surface area (Å²) in [6.07, 6.45) is 3.97. The molecule has 0 aliphatic carbocycles. The van der Waals surface area contributed by atoms with Crippen molar-refractivity contribution in [2.75, 3.05) is 13.7 Å². The second-order valence-corrected chi connectivity index (χ2v) is 6.05. The van der Waals surface area contributed by atoms with Crippen molar-refractivity contribution in [1.29, 1.82) is 0 Å². The lowest BCUT2D eigenvalue weighted by atomic mass is 10.1. The highest BCUT2D eigenvalue weighted by atomic mass is 16.5. The summed E-state index contributed by atoms with van der Waals surface area (Å²) in [5.74, 6) is 0.550. The number of carbonyl (C=O) groups is 1. The van der Waals surface area contributed by atoms with Gasteiger partial charge in [0.25, 0.3) is 11.5 Å². The van der Waals surface area contributed by atoms with E-state index >= 15 is 0 Å². The minimum absolute atomic E-state index is 0.130. The van der Waals surface area contributed by atoms with Crippen molar-refractivity contribution >= 4 is 16.8 Å². The van der Waals surface area contributed by atoms with Gasteiger partial charge in [-0.1, -0.05) is 6.92 Å². The molecule has 1 N–H and O–H groups in total. The highest BCUT2D eigenvalue weighted by molar-refractivity contribution is 5.93. The van der Waals surface area contributed by atoms with E-state index in [9.17, 15) is 9.59 Å². The number of aromatic amines is 1. The van der Waals surface area contributed by atoms with Crippen LogP contribution in [0.1, 0.15) is 29.3 Å². The van der Waals surface area contributed by atoms with E-state index in [0.717, 1.165) is 11.8 Å². The maximum atomic E-state index is 12.8. The average molecular weight is 351 g/mol. The molecule has 0 bridgehead atoms. The molecular formula is C20H21N3O3. The number of nitrogens with zero attached hydrogens (tertiary/aromatic N) is 2. The predicted octanol–water partition coefficient (Wildman–Crippen LogP) is 2.98. The molecule has 0 aliphatic rings. The van der Waals surface area contributed by atoms with Crippen LogP contribution in [0.2, 0.25) is 0 Å². The summed E-state index contributed by atoms with van der Waals surface area (Å²) in [5, 5.41) is 0.894. The zero-order chi connectivity index (χ0) is 18.5. The third kappa shape index (κ3) is 3.74. The largest absolute Gasteiger partial charge is 0.497 e. The van der Waals surface area contributed by atoms with Gasteiger partial charge in [0.2, 0.25) is 0 Å². The topological polar surface area (TPSA) is 75.3 Å². The Hall–Kier alpha value is -3.15. The van der Waals surface area contributed by atoms with Gasteiger partial charge >= 0.3 is 0 Å². The Balaban J connectivity index is 1.92. The zero-order valence-electron chi connectivity index (χ0n) is 14.9. The fourth-order valence-corrected chi connectivity index (χ4v) is 2.87. The third-order valence-corrected chi connectivity index (χ3v) is 4.18. The first-order chi connectivity index (χ1) is 12.6. The fraction of sp³-hybridized carbons (Fsp3) is 0.250. The molecule has 0 atom stereocenters. The standard InChI is InChI=1S/C20H21N3O3/c1-3-9-23(20(25)15-5-4-8-21-12-15)13-16-10-14-6-7-17(26-2)11-18(14)22-19(16)24/h4-8,10-12H,3,9,13H2,1-2H3,(H,22,24). The molecule has 3 aromatic rings. The summed E-state index contributed by atoms with van der Waals surface area (Å²) in [5.41, 5.74) is 1.57. The van der Waals surface area contributed by atoms with Gasteiger partial charge < -0.3 is 14.6 Å². The Morgan fingerprint density at radius 3 is 2.81 bits per heavy atom. The van der Waals surface area contributed by atoms with Crippen LogP contribution in [0.5, 0.6) is 5.75 Å². The van der Waals surface area contributed by atoms with E-state index in [2.05, 4.69) is 9.97 Å². The lowest BCUT2D eigenvalue weighted by molar-refractivity contribution is 0.0742. The number of carbonyl (C=O) groups excluding carboxylic acids is 1. The van der Waals surface area contributed by atoms with Crippen molar-refractivity contribution in [1.82, 2.24) is 14.9 Å². The van der Waals surface area contributed by atoms with E-state index in [4.69, 9.17) is 4.74 Å². The van der Waals surface area contributed by atoms with Gasteiger partial charge in [0, 0.05) is 30.6 Å². The van der Waals surface area contributed by atoms with Gasteiger partial charge in [-0.3, -0.25) is 14.6 Å². The number of nitrogens with one attached hydrogen (secondary N) is 1. The number of hydrogen-bond donors (Lipinski definition) is 1. The molecule has 0 radical (unpaired) electrons. The van der Waals surface area contributed by atoms with E-state index in [1.807, 2.05) is 25.1 Å². The lowest BCUT2D eigenvalue weighted by Crippen LogP contribution is -2.33. The Labute approximate surface area is 151 Å². The van der Waals surface area contributed by atoms with E-state index in [1.54, 1.807) is 42.6 Å². The maximum Gasteiger partial charge on any atom is 0.255 e. The third-order valence-electron chi connectivity index (χ3n) is 4.18. The SMILES string of the molecule is CCCN(Cc1cc2ccc(OC)cc2[nH]c1=O)C(=O)c1cccnc1. The van der Waals surface area contributed by atoms with Gasteiger partial charge in [0.05, 0.1) is 24.7 Å². The van der Waals surface area contributed by atoms with E-state index in [0.29, 0.717) is 28.9 Å². The number of pyridine rings is 2. The Kier molecular flexibility index (Phi) is 5.31. The Bertz CT molecular complexity index is 967. The molecule has 1 aromatic carbocycles. The van der Waals surface area contributed by atoms with Crippen molar-refractivity contribution in [2.24, 2.45) is 0 Å². The number of H-pyrrole nitrogens is 1. The van der Waals surface area contributed by atoms with Crippen LogP contribution in [-0.2, 0) is 6.54 Å². The average Bonchev–Trinajstić information content (AvgIpc) is 2.67. The summed E-state index contributed by atoms with van der Waals surface area (Å²) in [7, 11) is 1.58. The van der Waals surface area contributed by atoms with Crippen LogP contribution in [-0.4, -0.2) is 34.4 Å². The molecule has 0 aliphatic heterocycles. The molecule has 0 fully saturated rings. The second-order valence-electron chi connectivity index (χ2n) is 6.05. The normalized spacial score (nSPS) is 10.7. The number of hydrogen-bond acceptors (Lipinski definition) is 4. The predicted molar refractivity (Wildman–Crippen MR) is 100 cm³/mol. The number of benzene rings is 1. The molecule has 1 amide bonds. The summed E-state index contributed by atoms with van der Waals surface area (Å²) >= 11 is 0. The van der Waals surface area contributed by atoms with E-state index in [1.165, 1.54) is 0 Å². The Morgan fingerprint density at radius 1 is 1.27 bits per heavy atom. The molecule has 0 spiro atoms. The number of rotatable bonds is 6. The Morgan fingerprint density at radius 2 is 2.12 bits per heavy atom. The van der Waals surface area contributed by atoms with E-state index in [-0.39, 0.29) is 18.0 Å². The van der Waals surface area contributed by atoms with Crippen molar-refractivity contribution in [3.05, 3.63) is 70.3 Å². The van der Waals surface area contributed by atoms with Crippen LogP contribution in [0, 0.1) is 0 Å². The molecule has 2 heterocycles. The highest BCUT2D eigenvalue weighted by Gasteiger charge is 2.17. The van der Waals surface area contributed by atoms with Crippen molar-refractivity contribution in [3.8, 4) is 5.75 Å². The number of ether oxygens (including phenoxy) is 1. The molecule has 0 saturated heterocycles. The maximum absolute atomic E-state index is 12.8. The van der Waals surface area contributed by atoms with Gasteiger partial charge in [0.1, 0.15) is 5.75 Å². The summed E-state index contributed by atoms with van der Waals surface area (Å²) in [6.45, 7) is 2.81. The van der Waals surface area contributed by atoms with Gasteiger partial charge in [-0.15, -0.1) is 0 Å². The van der Waals surface area contributed by atoms with Crippen molar-refractivity contribution in [2.45, 2.75) is 19.9 Å². The van der Waals surface area contributed by atoms with Crippen molar-refractivity contribution < 1.29 is 9.53 Å². The van der Waals surface area contributed by atoms with Crippen LogP contribution in [0.3, 0.4) is 0 Å². The first-order valence-corrected chi connectivity index (χ1v) is 8.51. The van der Waals surface area contributed by atoms with Crippen LogP contribution >= 0.6 is 0 Å². The molecule has 0 unspecified atom stereocenters. The zero-order valence-corrected chi connectivity index (χ0v) is 14.9. The van der Waals surface area contributed by atoms with Gasteiger partial charge in [0.15, 0.2) is 0 Å². The van der Waals surface area contributed by atoms with Crippen LogP contribution in [0.4, 0.5) is 0 Å². The molecule has 0 saturated carbocycles. The fourth-order valence-electron chi connectivity index (χ4n) is 2.87. The van der Waals surface area contributed by atoms with Gasteiger partial charge in [-0.25, -0.2) is 0 Å². The quantitative estimate of drug-likeness (QED) is 0.741. The van der Waals surface area contributed by atoms with Gasteiger partial charge in [-0.2, -0.15) is 0 Å². The number of fused-ring (bicyclic) bond motifs is 1. The molecule has 26 heavy (non-hydrogen) atoms. The highest BCUT2D eigenvalue weighted by Crippen LogP contribution is 2.19. The van der Waals surface area contributed by atoms with Crippen LogP contribution in [0.15, 0.2) is 53.6 Å². The first-order valence-electron chi connectivity index (χ1n) is 8.51. The molecular weight excluding hydrogens is 330 g/mol. The van der Waals surface area contributed by atoms with Gasteiger partial charge in [-0.05, 0) is 42.1 Å². The second kappa shape index (κ2) is 7.82. The lowest BCUT2D eigenvalue weighted by Gasteiger charge is -2.22. The number of methoxy groups -OCH3 is 1. The minimum Gasteiger partial charge on any atom is -0.497 e. The molecule has 6 heteroatoms. The number of aromatic nitrogens is 2. The van der Waals surface area contributed by atoms with Crippen LogP contribution in [0.25, 0.3) is 10.9 Å². The molecule has 6 nitrogen and oxygen atoms in total. The first kappa shape index (κ1) is 17.7.